The molecular formula is C16H26N2O. The Morgan fingerprint density at radius 3 is 2.79 bits per heavy atom. The SMILES string of the molecule is CN1CCCC1CCOCc1ccccc1CCN. The van der Waals surface area contributed by atoms with E-state index in [4.69, 9.17) is 10.5 Å². The standard InChI is InChI=1S/C16H26N2O/c1-18-11-4-7-16(18)9-12-19-13-15-6-3-2-5-14(15)8-10-17/h2-3,5-6,16H,4,7-13,17H2,1H3. The highest BCUT2D eigenvalue weighted by Crippen LogP contribution is 2.18. The second-order valence-electron chi connectivity index (χ2n) is 5.43. The number of likely N-dealkylation sites (tertiary alicyclic amines) is 1. The molecule has 106 valence electrons. The largest absolute Gasteiger partial charge is 0.377 e. The Morgan fingerprint density at radius 1 is 1.32 bits per heavy atom. The summed E-state index contributed by atoms with van der Waals surface area (Å²) in [6.07, 6.45) is 4.74. The summed E-state index contributed by atoms with van der Waals surface area (Å²) < 4.78 is 5.85. The van der Waals surface area contributed by atoms with Crippen LogP contribution in [0.1, 0.15) is 30.4 Å². The van der Waals surface area contributed by atoms with Gasteiger partial charge in [-0.25, -0.2) is 0 Å². The zero-order valence-corrected chi connectivity index (χ0v) is 12.0. The Balaban J connectivity index is 1.73. The van der Waals surface area contributed by atoms with Crippen molar-refractivity contribution < 1.29 is 4.74 Å². The Labute approximate surface area is 116 Å². The Morgan fingerprint density at radius 2 is 2.11 bits per heavy atom. The van der Waals surface area contributed by atoms with Gasteiger partial charge in [0, 0.05) is 12.6 Å². The second-order valence-corrected chi connectivity index (χ2v) is 5.43. The van der Waals surface area contributed by atoms with Gasteiger partial charge in [-0.2, -0.15) is 0 Å². The zero-order valence-electron chi connectivity index (χ0n) is 12.0. The molecule has 1 fully saturated rings. The summed E-state index contributed by atoms with van der Waals surface area (Å²) in [5.74, 6) is 0. The van der Waals surface area contributed by atoms with Gasteiger partial charge in [0.05, 0.1) is 6.61 Å². The minimum Gasteiger partial charge on any atom is -0.377 e. The zero-order chi connectivity index (χ0) is 13.5. The maximum Gasteiger partial charge on any atom is 0.0719 e. The van der Waals surface area contributed by atoms with Crippen LogP contribution in [0.4, 0.5) is 0 Å². The van der Waals surface area contributed by atoms with E-state index in [1.807, 2.05) is 0 Å². The average molecular weight is 262 g/mol. The molecule has 1 unspecified atom stereocenters. The van der Waals surface area contributed by atoms with Gasteiger partial charge in [-0.05, 0) is 56.9 Å². The lowest BCUT2D eigenvalue weighted by Crippen LogP contribution is -2.26. The normalized spacial score (nSPS) is 20.0. The Hall–Kier alpha value is -0.900. The maximum absolute atomic E-state index is 5.85. The van der Waals surface area contributed by atoms with Crippen molar-refractivity contribution in [3.63, 3.8) is 0 Å². The van der Waals surface area contributed by atoms with E-state index in [2.05, 4.69) is 36.2 Å². The molecule has 3 nitrogen and oxygen atoms in total. The fourth-order valence-corrected chi connectivity index (χ4v) is 2.84. The molecule has 1 aromatic rings. The number of nitrogens with two attached hydrogens (primary N) is 1. The van der Waals surface area contributed by atoms with Gasteiger partial charge >= 0.3 is 0 Å². The minimum atomic E-state index is 0.698. The first-order valence-corrected chi connectivity index (χ1v) is 7.36. The van der Waals surface area contributed by atoms with Crippen LogP contribution in [-0.4, -0.2) is 37.7 Å². The molecule has 1 aromatic carbocycles. The molecule has 0 radical (unpaired) electrons. The highest BCUT2D eigenvalue weighted by atomic mass is 16.5. The summed E-state index contributed by atoms with van der Waals surface area (Å²) in [4.78, 5) is 2.45. The summed E-state index contributed by atoms with van der Waals surface area (Å²) >= 11 is 0. The summed E-state index contributed by atoms with van der Waals surface area (Å²) in [6.45, 7) is 3.51. The van der Waals surface area contributed by atoms with Gasteiger partial charge in [-0.15, -0.1) is 0 Å². The molecule has 1 aliphatic rings. The van der Waals surface area contributed by atoms with Gasteiger partial charge in [-0.3, -0.25) is 0 Å². The Bertz CT molecular complexity index is 381. The molecule has 2 N–H and O–H groups in total. The van der Waals surface area contributed by atoms with Crippen LogP contribution in [0.3, 0.4) is 0 Å². The fourth-order valence-electron chi connectivity index (χ4n) is 2.84. The van der Waals surface area contributed by atoms with E-state index in [1.54, 1.807) is 0 Å². The van der Waals surface area contributed by atoms with Crippen molar-refractivity contribution in [2.75, 3.05) is 26.7 Å². The van der Waals surface area contributed by atoms with E-state index < -0.39 is 0 Å². The van der Waals surface area contributed by atoms with Crippen LogP contribution in [0.15, 0.2) is 24.3 Å². The summed E-state index contributed by atoms with van der Waals surface area (Å²) in [5, 5.41) is 0. The van der Waals surface area contributed by atoms with Crippen molar-refractivity contribution in [2.45, 2.75) is 38.3 Å². The van der Waals surface area contributed by atoms with Gasteiger partial charge in [0.25, 0.3) is 0 Å². The van der Waals surface area contributed by atoms with Gasteiger partial charge in [0.15, 0.2) is 0 Å². The van der Waals surface area contributed by atoms with E-state index >= 15 is 0 Å². The first kappa shape index (κ1) is 14.5. The van der Waals surface area contributed by atoms with Crippen LogP contribution in [-0.2, 0) is 17.8 Å². The molecule has 0 saturated carbocycles. The molecule has 0 aromatic heterocycles. The third kappa shape index (κ3) is 4.30. The molecule has 3 heteroatoms. The number of ether oxygens (including phenoxy) is 1. The molecule has 0 bridgehead atoms. The molecule has 0 amide bonds. The van der Waals surface area contributed by atoms with Crippen molar-refractivity contribution in [3.05, 3.63) is 35.4 Å². The Kier molecular flexibility index (Phi) is 5.83. The fraction of sp³-hybridized carbons (Fsp3) is 0.625. The lowest BCUT2D eigenvalue weighted by molar-refractivity contribution is 0.101. The van der Waals surface area contributed by atoms with Crippen molar-refractivity contribution in [1.29, 1.82) is 0 Å². The number of hydrogen-bond acceptors (Lipinski definition) is 3. The first-order chi connectivity index (χ1) is 9.31. The number of rotatable bonds is 7. The van der Waals surface area contributed by atoms with Crippen molar-refractivity contribution >= 4 is 0 Å². The van der Waals surface area contributed by atoms with Crippen LogP contribution in [0.25, 0.3) is 0 Å². The second kappa shape index (κ2) is 7.63. The van der Waals surface area contributed by atoms with Gasteiger partial charge in [0.2, 0.25) is 0 Å². The predicted molar refractivity (Wildman–Crippen MR) is 79.1 cm³/mol. The van der Waals surface area contributed by atoms with Crippen LogP contribution >= 0.6 is 0 Å². The first-order valence-electron chi connectivity index (χ1n) is 7.36. The molecule has 1 saturated heterocycles. The average Bonchev–Trinajstić information content (AvgIpc) is 2.82. The van der Waals surface area contributed by atoms with E-state index in [1.165, 1.54) is 30.5 Å². The molecule has 1 atom stereocenters. The number of benzene rings is 1. The number of hydrogen-bond donors (Lipinski definition) is 1. The minimum absolute atomic E-state index is 0.698. The van der Waals surface area contributed by atoms with Gasteiger partial charge in [-0.1, -0.05) is 24.3 Å². The van der Waals surface area contributed by atoms with E-state index in [-0.39, 0.29) is 0 Å². The van der Waals surface area contributed by atoms with E-state index in [9.17, 15) is 0 Å². The molecule has 1 heterocycles. The third-order valence-electron chi connectivity index (χ3n) is 4.06. The van der Waals surface area contributed by atoms with Gasteiger partial charge in [0.1, 0.15) is 0 Å². The molecule has 1 aliphatic heterocycles. The monoisotopic (exact) mass is 262 g/mol. The van der Waals surface area contributed by atoms with Crippen LogP contribution < -0.4 is 5.73 Å². The molecule has 19 heavy (non-hydrogen) atoms. The molecule has 2 rings (SSSR count). The topological polar surface area (TPSA) is 38.5 Å². The maximum atomic E-state index is 5.85. The highest BCUT2D eigenvalue weighted by molar-refractivity contribution is 5.26. The highest BCUT2D eigenvalue weighted by Gasteiger charge is 2.19. The third-order valence-corrected chi connectivity index (χ3v) is 4.06. The smallest absolute Gasteiger partial charge is 0.0719 e. The molecule has 0 aliphatic carbocycles. The number of nitrogens with zero attached hydrogens (tertiary/aromatic N) is 1. The van der Waals surface area contributed by atoms with Crippen molar-refractivity contribution in [2.24, 2.45) is 5.73 Å². The quantitative estimate of drug-likeness (QED) is 0.766. The lowest BCUT2D eigenvalue weighted by Gasteiger charge is -2.19. The van der Waals surface area contributed by atoms with Gasteiger partial charge < -0.3 is 15.4 Å². The predicted octanol–water partition coefficient (Wildman–Crippen LogP) is 2.19. The van der Waals surface area contributed by atoms with Crippen LogP contribution in [0, 0.1) is 0 Å². The summed E-state index contributed by atoms with van der Waals surface area (Å²) in [5.41, 5.74) is 8.24. The molecule has 0 spiro atoms. The lowest BCUT2D eigenvalue weighted by atomic mass is 10.1. The van der Waals surface area contributed by atoms with Crippen LogP contribution in [0.2, 0.25) is 0 Å². The summed E-state index contributed by atoms with van der Waals surface area (Å²) in [7, 11) is 2.22. The van der Waals surface area contributed by atoms with Crippen molar-refractivity contribution in [1.82, 2.24) is 4.90 Å². The van der Waals surface area contributed by atoms with E-state index in [0.717, 1.165) is 25.5 Å². The summed E-state index contributed by atoms with van der Waals surface area (Å²) in [6, 6.07) is 9.16. The van der Waals surface area contributed by atoms with Crippen LogP contribution in [0.5, 0.6) is 0 Å². The van der Waals surface area contributed by atoms with Crippen molar-refractivity contribution in [3.8, 4) is 0 Å². The van der Waals surface area contributed by atoms with E-state index in [0.29, 0.717) is 13.2 Å². The molecular weight excluding hydrogens is 236 g/mol.